The summed E-state index contributed by atoms with van der Waals surface area (Å²) in [5.41, 5.74) is 3.44. The Labute approximate surface area is 146 Å². The summed E-state index contributed by atoms with van der Waals surface area (Å²) in [5.74, 6) is 4.30. The van der Waals surface area contributed by atoms with E-state index in [-0.39, 0.29) is 0 Å². The standard InChI is InChI=1S/C22H30N2/c1-2-4-20-19(3-1)22(14-23-20)5-7-24(8-6-22)21-17-10-15-9-16(12-17)13-18(21)11-15/h1-4,15-18,21,23H,5-14H2. The summed E-state index contributed by atoms with van der Waals surface area (Å²) in [6.45, 7) is 3.84. The topological polar surface area (TPSA) is 15.3 Å². The number of likely N-dealkylation sites (tertiary alicyclic amines) is 1. The first kappa shape index (κ1) is 14.2. The molecule has 5 fully saturated rings. The van der Waals surface area contributed by atoms with Gasteiger partial charge in [-0.1, -0.05) is 18.2 Å². The van der Waals surface area contributed by atoms with E-state index in [0.29, 0.717) is 5.41 Å². The quantitative estimate of drug-likeness (QED) is 0.830. The molecule has 0 amide bonds. The van der Waals surface area contributed by atoms with Gasteiger partial charge in [0, 0.05) is 23.7 Å². The van der Waals surface area contributed by atoms with E-state index in [2.05, 4.69) is 34.5 Å². The molecule has 0 radical (unpaired) electrons. The summed E-state index contributed by atoms with van der Waals surface area (Å²) in [6, 6.07) is 10.0. The molecule has 0 unspecified atom stereocenters. The number of rotatable bonds is 1. The summed E-state index contributed by atoms with van der Waals surface area (Å²) in [6.07, 6.45) is 10.5. The van der Waals surface area contributed by atoms with E-state index < -0.39 is 0 Å². The first-order valence-corrected chi connectivity index (χ1v) is 10.4. The molecule has 7 rings (SSSR count). The Balaban J connectivity index is 1.22. The van der Waals surface area contributed by atoms with Crippen LogP contribution in [0.5, 0.6) is 0 Å². The van der Waals surface area contributed by atoms with Crippen LogP contribution in [-0.2, 0) is 5.41 Å². The second-order valence-corrected chi connectivity index (χ2v) is 9.64. The fourth-order valence-corrected chi connectivity index (χ4v) is 7.65. The van der Waals surface area contributed by atoms with Crippen LogP contribution >= 0.6 is 0 Å². The van der Waals surface area contributed by atoms with Gasteiger partial charge in [-0.05, 0) is 93.3 Å². The lowest BCUT2D eigenvalue weighted by Crippen LogP contribution is -2.58. The number of nitrogens with zero attached hydrogens (tertiary/aromatic N) is 1. The van der Waals surface area contributed by atoms with Gasteiger partial charge in [0.05, 0.1) is 0 Å². The van der Waals surface area contributed by atoms with Crippen molar-refractivity contribution >= 4 is 5.69 Å². The van der Waals surface area contributed by atoms with Gasteiger partial charge in [0.1, 0.15) is 0 Å². The fourth-order valence-electron chi connectivity index (χ4n) is 7.65. The van der Waals surface area contributed by atoms with Crippen LogP contribution in [0.2, 0.25) is 0 Å². The second kappa shape index (κ2) is 5.00. The Morgan fingerprint density at radius 3 is 2.25 bits per heavy atom. The van der Waals surface area contributed by atoms with E-state index in [0.717, 1.165) is 29.7 Å². The highest BCUT2D eigenvalue weighted by Gasteiger charge is 2.51. The van der Waals surface area contributed by atoms with E-state index in [4.69, 9.17) is 0 Å². The summed E-state index contributed by atoms with van der Waals surface area (Å²) >= 11 is 0. The van der Waals surface area contributed by atoms with Crippen molar-refractivity contribution < 1.29 is 0 Å². The zero-order valence-corrected chi connectivity index (χ0v) is 14.7. The van der Waals surface area contributed by atoms with Gasteiger partial charge < -0.3 is 5.32 Å². The predicted molar refractivity (Wildman–Crippen MR) is 98.2 cm³/mol. The molecule has 1 saturated heterocycles. The molecular formula is C22H30N2. The van der Waals surface area contributed by atoms with E-state index in [1.807, 2.05) is 0 Å². The lowest BCUT2D eigenvalue weighted by Gasteiger charge is -2.58. The number of fused-ring (bicyclic) bond motifs is 2. The minimum atomic E-state index is 0.430. The Morgan fingerprint density at radius 2 is 1.54 bits per heavy atom. The summed E-state index contributed by atoms with van der Waals surface area (Å²) in [5, 5.41) is 3.69. The maximum Gasteiger partial charge on any atom is 0.0379 e. The van der Waals surface area contributed by atoms with Crippen molar-refractivity contribution in [2.75, 3.05) is 25.0 Å². The lowest BCUT2D eigenvalue weighted by molar-refractivity contribution is -0.0747. The molecule has 4 saturated carbocycles. The molecule has 1 aromatic carbocycles. The third kappa shape index (κ3) is 1.92. The Bertz CT molecular complexity index is 615. The van der Waals surface area contributed by atoms with Crippen molar-refractivity contribution in [1.82, 2.24) is 4.90 Å². The maximum absolute atomic E-state index is 3.69. The summed E-state index contributed by atoms with van der Waals surface area (Å²) in [4.78, 5) is 2.94. The minimum Gasteiger partial charge on any atom is -0.384 e. The monoisotopic (exact) mass is 322 g/mol. The highest BCUT2D eigenvalue weighted by molar-refractivity contribution is 5.60. The van der Waals surface area contributed by atoms with Crippen LogP contribution in [0.1, 0.15) is 50.5 Å². The highest BCUT2D eigenvalue weighted by Crippen LogP contribution is 2.56. The molecule has 2 heterocycles. The van der Waals surface area contributed by atoms with Crippen molar-refractivity contribution in [3.63, 3.8) is 0 Å². The molecule has 4 bridgehead atoms. The van der Waals surface area contributed by atoms with Crippen LogP contribution in [0.4, 0.5) is 5.69 Å². The second-order valence-electron chi connectivity index (χ2n) is 9.64. The van der Waals surface area contributed by atoms with Crippen LogP contribution in [0.25, 0.3) is 0 Å². The first-order valence-electron chi connectivity index (χ1n) is 10.4. The van der Waals surface area contributed by atoms with Crippen LogP contribution in [0.3, 0.4) is 0 Å². The van der Waals surface area contributed by atoms with Gasteiger partial charge in [0.25, 0.3) is 0 Å². The van der Waals surface area contributed by atoms with Crippen molar-refractivity contribution in [1.29, 1.82) is 0 Å². The summed E-state index contributed by atoms with van der Waals surface area (Å²) < 4.78 is 0. The van der Waals surface area contributed by atoms with Gasteiger partial charge in [-0.15, -0.1) is 0 Å². The number of benzene rings is 1. The molecule has 0 aromatic heterocycles. The Morgan fingerprint density at radius 1 is 0.875 bits per heavy atom. The smallest absolute Gasteiger partial charge is 0.0379 e. The number of anilines is 1. The molecule has 2 heteroatoms. The van der Waals surface area contributed by atoms with E-state index in [1.54, 1.807) is 37.7 Å². The molecule has 128 valence electrons. The van der Waals surface area contributed by atoms with Gasteiger partial charge in [-0.25, -0.2) is 0 Å². The molecule has 1 spiro atoms. The first-order chi connectivity index (χ1) is 11.8. The third-order valence-electron chi connectivity index (χ3n) is 8.47. The Kier molecular flexibility index (Phi) is 2.96. The van der Waals surface area contributed by atoms with E-state index >= 15 is 0 Å². The number of hydrogen-bond donors (Lipinski definition) is 1. The van der Waals surface area contributed by atoms with Crippen molar-refractivity contribution in [2.24, 2.45) is 23.7 Å². The van der Waals surface area contributed by atoms with Gasteiger partial charge in [0.2, 0.25) is 0 Å². The van der Waals surface area contributed by atoms with Gasteiger partial charge in [-0.2, -0.15) is 0 Å². The average Bonchev–Trinajstić information content (AvgIpc) is 2.95. The Hall–Kier alpha value is -1.02. The van der Waals surface area contributed by atoms with E-state index in [1.165, 1.54) is 38.2 Å². The van der Waals surface area contributed by atoms with Crippen molar-refractivity contribution in [2.45, 2.75) is 56.4 Å². The lowest BCUT2D eigenvalue weighted by atomic mass is 9.53. The number of hydrogen-bond acceptors (Lipinski definition) is 2. The zero-order chi connectivity index (χ0) is 15.7. The molecule has 2 nitrogen and oxygen atoms in total. The highest BCUT2D eigenvalue weighted by atomic mass is 15.2. The molecule has 1 aromatic rings. The minimum absolute atomic E-state index is 0.430. The molecule has 4 aliphatic carbocycles. The zero-order valence-electron chi connectivity index (χ0n) is 14.7. The largest absolute Gasteiger partial charge is 0.384 e. The van der Waals surface area contributed by atoms with Crippen LogP contribution in [0, 0.1) is 23.7 Å². The van der Waals surface area contributed by atoms with Crippen molar-refractivity contribution in [3.05, 3.63) is 29.8 Å². The molecule has 2 aliphatic heterocycles. The number of para-hydroxylation sites is 1. The molecule has 1 N–H and O–H groups in total. The third-order valence-corrected chi connectivity index (χ3v) is 8.47. The maximum atomic E-state index is 3.69. The number of nitrogens with one attached hydrogen (secondary N) is 1. The molecule has 24 heavy (non-hydrogen) atoms. The van der Waals surface area contributed by atoms with Gasteiger partial charge in [0.15, 0.2) is 0 Å². The summed E-state index contributed by atoms with van der Waals surface area (Å²) in [7, 11) is 0. The van der Waals surface area contributed by atoms with Gasteiger partial charge in [-0.3, -0.25) is 4.90 Å². The van der Waals surface area contributed by atoms with Crippen molar-refractivity contribution in [3.8, 4) is 0 Å². The SMILES string of the molecule is c1ccc2c(c1)NCC21CCN(C2C3CC4CC(C3)CC2C4)CC1. The molecular weight excluding hydrogens is 292 g/mol. The fraction of sp³-hybridized carbons (Fsp3) is 0.727. The normalized spacial score (nSPS) is 42.2. The van der Waals surface area contributed by atoms with Gasteiger partial charge >= 0.3 is 0 Å². The number of piperidine rings is 1. The average molecular weight is 322 g/mol. The molecule has 6 aliphatic rings. The van der Waals surface area contributed by atoms with E-state index in [9.17, 15) is 0 Å². The van der Waals surface area contributed by atoms with Crippen LogP contribution < -0.4 is 5.32 Å². The van der Waals surface area contributed by atoms with Crippen LogP contribution in [-0.4, -0.2) is 30.6 Å². The van der Waals surface area contributed by atoms with Crippen LogP contribution in [0.15, 0.2) is 24.3 Å². The molecule has 0 atom stereocenters. The predicted octanol–water partition coefficient (Wildman–Crippen LogP) is 4.27.